The van der Waals surface area contributed by atoms with E-state index in [9.17, 15) is 4.79 Å². The van der Waals surface area contributed by atoms with Crippen LogP contribution < -0.4 is 4.74 Å². The fourth-order valence-electron chi connectivity index (χ4n) is 3.76. The number of benzene rings is 2. The van der Waals surface area contributed by atoms with E-state index in [0.717, 1.165) is 43.5 Å². The molecule has 118 valence electrons. The van der Waals surface area contributed by atoms with Gasteiger partial charge in [0.15, 0.2) is 6.29 Å². The van der Waals surface area contributed by atoms with Crippen LogP contribution in [0.25, 0.3) is 0 Å². The Labute approximate surface area is 136 Å². The van der Waals surface area contributed by atoms with Gasteiger partial charge in [0.25, 0.3) is 0 Å². The van der Waals surface area contributed by atoms with E-state index >= 15 is 0 Å². The van der Waals surface area contributed by atoms with E-state index in [0.29, 0.717) is 6.61 Å². The van der Waals surface area contributed by atoms with Crippen LogP contribution in [-0.4, -0.2) is 18.5 Å². The standard InChI is InChI=1S/C20H20O3/c21-14-20-11-9-19(10-12-20,15-22-20)16-5-4-8-18(13-16)23-17-6-2-1-3-7-17/h1-8,13-14H,9-12,15H2. The van der Waals surface area contributed by atoms with Gasteiger partial charge in [0, 0.05) is 5.41 Å². The molecule has 0 atom stereocenters. The largest absolute Gasteiger partial charge is 0.457 e. The second-order valence-electron chi connectivity index (χ2n) is 6.69. The minimum atomic E-state index is -0.514. The maximum absolute atomic E-state index is 11.3. The van der Waals surface area contributed by atoms with Crippen LogP contribution in [0.5, 0.6) is 11.5 Å². The smallest absolute Gasteiger partial charge is 0.151 e. The summed E-state index contributed by atoms with van der Waals surface area (Å²) in [5.74, 6) is 1.69. The molecule has 0 unspecified atom stereocenters. The summed E-state index contributed by atoms with van der Waals surface area (Å²) in [5, 5.41) is 0. The highest BCUT2D eigenvalue weighted by molar-refractivity contribution is 5.63. The highest BCUT2D eigenvalue weighted by Gasteiger charge is 2.50. The molecule has 2 aliphatic heterocycles. The van der Waals surface area contributed by atoms with Crippen LogP contribution in [0.2, 0.25) is 0 Å². The molecule has 2 bridgehead atoms. The zero-order chi connectivity index (χ0) is 15.8. The molecule has 2 heterocycles. The van der Waals surface area contributed by atoms with Crippen molar-refractivity contribution in [1.82, 2.24) is 0 Å². The van der Waals surface area contributed by atoms with Gasteiger partial charge in [0.2, 0.25) is 0 Å². The number of fused-ring (bicyclic) bond motifs is 3. The summed E-state index contributed by atoms with van der Waals surface area (Å²) >= 11 is 0. The van der Waals surface area contributed by atoms with Gasteiger partial charge < -0.3 is 14.3 Å². The Morgan fingerprint density at radius 2 is 1.65 bits per heavy atom. The number of carbonyl (C=O) groups is 1. The van der Waals surface area contributed by atoms with Crippen molar-refractivity contribution in [1.29, 1.82) is 0 Å². The summed E-state index contributed by atoms with van der Waals surface area (Å²) in [7, 11) is 0. The third kappa shape index (κ3) is 2.55. The van der Waals surface area contributed by atoms with E-state index < -0.39 is 5.60 Å². The van der Waals surface area contributed by atoms with Gasteiger partial charge >= 0.3 is 0 Å². The Hall–Kier alpha value is -2.13. The van der Waals surface area contributed by atoms with E-state index in [2.05, 4.69) is 12.1 Å². The molecular formula is C20H20O3. The molecule has 3 fully saturated rings. The van der Waals surface area contributed by atoms with E-state index in [4.69, 9.17) is 9.47 Å². The molecule has 5 rings (SSSR count). The molecular weight excluding hydrogens is 288 g/mol. The molecule has 2 saturated heterocycles. The molecule has 0 spiro atoms. The lowest BCUT2D eigenvalue weighted by atomic mass is 9.63. The quantitative estimate of drug-likeness (QED) is 0.792. The van der Waals surface area contributed by atoms with Crippen LogP contribution in [0.15, 0.2) is 54.6 Å². The first kappa shape index (κ1) is 14.5. The van der Waals surface area contributed by atoms with Gasteiger partial charge in [-0.1, -0.05) is 30.3 Å². The third-order valence-electron chi connectivity index (χ3n) is 5.33. The van der Waals surface area contributed by atoms with Gasteiger partial charge in [-0.3, -0.25) is 0 Å². The fraction of sp³-hybridized carbons (Fsp3) is 0.350. The number of carbonyl (C=O) groups excluding carboxylic acids is 1. The SMILES string of the molecule is O=CC12CCC(c3cccc(Oc4ccccc4)c3)(CC1)CO2. The molecule has 0 radical (unpaired) electrons. The molecule has 2 aromatic carbocycles. The lowest BCUT2D eigenvalue weighted by Gasteiger charge is -2.51. The van der Waals surface area contributed by atoms with E-state index in [1.165, 1.54) is 5.56 Å². The minimum Gasteiger partial charge on any atom is -0.457 e. The molecule has 3 nitrogen and oxygen atoms in total. The average Bonchev–Trinajstić information content (AvgIpc) is 2.64. The first-order valence-corrected chi connectivity index (χ1v) is 8.18. The molecule has 1 aliphatic carbocycles. The van der Waals surface area contributed by atoms with E-state index in [1.807, 2.05) is 42.5 Å². The van der Waals surface area contributed by atoms with Crippen LogP contribution in [-0.2, 0) is 14.9 Å². The molecule has 0 N–H and O–H groups in total. The zero-order valence-corrected chi connectivity index (χ0v) is 13.0. The maximum Gasteiger partial charge on any atom is 0.151 e. The monoisotopic (exact) mass is 308 g/mol. The normalized spacial score (nSPS) is 29.2. The van der Waals surface area contributed by atoms with Crippen molar-refractivity contribution in [2.75, 3.05) is 6.61 Å². The number of hydrogen-bond donors (Lipinski definition) is 0. The first-order chi connectivity index (χ1) is 11.2. The predicted octanol–water partition coefficient (Wildman–Crippen LogP) is 4.26. The van der Waals surface area contributed by atoms with E-state index in [-0.39, 0.29) is 5.41 Å². The number of rotatable bonds is 4. The summed E-state index contributed by atoms with van der Waals surface area (Å²) < 4.78 is 11.9. The van der Waals surface area contributed by atoms with Crippen molar-refractivity contribution in [3.05, 3.63) is 60.2 Å². The number of hydrogen-bond acceptors (Lipinski definition) is 3. The Bertz CT molecular complexity index is 683. The van der Waals surface area contributed by atoms with Crippen LogP contribution in [0.4, 0.5) is 0 Å². The van der Waals surface area contributed by atoms with Crippen molar-refractivity contribution in [3.63, 3.8) is 0 Å². The van der Waals surface area contributed by atoms with Crippen LogP contribution in [0.1, 0.15) is 31.2 Å². The summed E-state index contributed by atoms with van der Waals surface area (Å²) in [6.07, 6.45) is 4.65. The molecule has 2 aromatic rings. The highest BCUT2D eigenvalue weighted by atomic mass is 16.5. The van der Waals surface area contributed by atoms with Gasteiger partial charge in [0.05, 0.1) is 6.61 Å². The summed E-state index contributed by atoms with van der Waals surface area (Å²) in [6.45, 7) is 0.626. The highest BCUT2D eigenvalue weighted by Crippen LogP contribution is 2.50. The van der Waals surface area contributed by atoms with Crippen molar-refractivity contribution in [2.45, 2.75) is 36.7 Å². The zero-order valence-electron chi connectivity index (χ0n) is 13.0. The predicted molar refractivity (Wildman–Crippen MR) is 87.9 cm³/mol. The fourth-order valence-corrected chi connectivity index (χ4v) is 3.76. The second-order valence-corrected chi connectivity index (χ2v) is 6.69. The summed E-state index contributed by atoms with van der Waals surface area (Å²) in [5.41, 5.74) is 0.769. The Morgan fingerprint density at radius 3 is 2.30 bits per heavy atom. The molecule has 3 heteroatoms. The van der Waals surface area contributed by atoms with Gasteiger partial charge in [0.1, 0.15) is 17.1 Å². The number of aldehydes is 1. The molecule has 23 heavy (non-hydrogen) atoms. The minimum absolute atomic E-state index is 0.0286. The van der Waals surface area contributed by atoms with Gasteiger partial charge in [-0.05, 0) is 55.5 Å². The molecule has 0 aromatic heterocycles. The van der Waals surface area contributed by atoms with E-state index in [1.54, 1.807) is 0 Å². The van der Waals surface area contributed by atoms with Crippen LogP contribution >= 0.6 is 0 Å². The lowest BCUT2D eigenvalue weighted by molar-refractivity contribution is -0.164. The first-order valence-electron chi connectivity index (χ1n) is 8.18. The van der Waals surface area contributed by atoms with Gasteiger partial charge in [-0.25, -0.2) is 0 Å². The number of para-hydroxylation sites is 1. The molecule has 3 aliphatic rings. The third-order valence-corrected chi connectivity index (χ3v) is 5.33. The molecule has 0 amide bonds. The number of ether oxygens (including phenoxy) is 2. The summed E-state index contributed by atoms with van der Waals surface area (Å²) in [4.78, 5) is 11.3. The van der Waals surface area contributed by atoms with Crippen molar-refractivity contribution < 1.29 is 14.3 Å². The topological polar surface area (TPSA) is 35.5 Å². The average molecular weight is 308 g/mol. The summed E-state index contributed by atoms with van der Waals surface area (Å²) in [6, 6.07) is 18.1. The Morgan fingerprint density at radius 1 is 0.913 bits per heavy atom. The second kappa shape index (κ2) is 5.50. The van der Waals surface area contributed by atoms with Crippen LogP contribution in [0.3, 0.4) is 0 Å². The Balaban J connectivity index is 1.59. The van der Waals surface area contributed by atoms with Crippen molar-refractivity contribution in [2.24, 2.45) is 0 Å². The Kier molecular flexibility index (Phi) is 3.46. The lowest BCUT2D eigenvalue weighted by Crippen LogP contribution is -2.54. The van der Waals surface area contributed by atoms with Crippen molar-refractivity contribution in [3.8, 4) is 11.5 Å². The van der Waals surface area contributed by atoms with Gasteiger partial charge in [-0.2, -0.15) is 0 Å². The molecule has 1 saturated carbocycles. The van der Waals surface area contributed by atoms with Crippen LogP contribution in [0, 0.1) is 0 Å². The van der Waals surface area contributed by atoms with Crippen molar-refractivity contribution >= 4 is 6.29 Å². The van der Waals surface area contributed by atoms with Gasteiger partial charge in [-0.15, -0.1) is 0 Å². The maximum atomic E-state index is 11.3.